The molecule has 0 radical (unpaired) electrons. The van der Waals surface area contributed by atoms with Crippen molar-refractivity contribution in [2.45, 2.75) is 20.4 Å². The number of nitrogens with two attached hydrogens (primary N) is 1. The van der Waals surface area contributed by atoms with Crippen molar-refractivity contribution >= 4 is 16.7 Å². The molecule has 0 aliphatic heterocycles. The van der Waals surface area contributed by atoms with Crippen molar-refractivity contribution in [3.63, 3.8) is 0 Å². The average molecular weight is 282 g/mol. The van der Waals surface area contributed by atoms with Gasteiger partial charge in [-0.3, -0.25) is 0 Å². The van der Waals surface area contributed by atoms with Crippen molar-refractivity contribution < 1.29 is 4.74 Å². The highest BCUT2D eigenvalue weighted by molar-refractivity contribution is 5.82. The van der Waals surface area contributed by atoms with Gasteiger partial charge in [0.2, 0.25) is 0 Å². The molecule has 0 amide bonds. The maximum Gasteiger partial charge on any atom is 0.129 e. The van der Waals surface area contributed by atoms with Crippen molar-refractivity contribution in [2.24, 2.45) is 0 Å². The maximum atomic E-state index is 6.10. The summed E-state index contributed by atoms with van der Waals surface area (Å²) in [5.41, 5.74) is 10.1. The van der Waals surface area contributed by atoms with Crippen molar-refractivity contribution in [1.82, 2.24) is 14.5 Å². The number of benzene rings is 1. The van der Waals surface area contributed by atoms with E-state index < -0.39 is 0 Å². The number of fused-ring (bicyclic) bond motifs is 1. The fourth-order valence-electron chi connectivity index (χ4n) is 2.35. The smallest absolute Gasteiger partial charge is 0.129 e. The largest absolute Gasteiger partial charge is 0.497 e. The lowest BCUT2D eigenvalue weighted by Gasteiger charge is -2.10. The third kappa shape index (κ3) is 2.42. The van der Waals surface area contributed by atoms with Gasteiger partial charge in [-0.25, -0.2) is 9.97 Å². The van der Waals surface area contributed by atoms with E-state index in [-0.39, 0.29) is 0 Å². The molecule has 0 aliphatic carbocycles. The van der Waals surface area contributed by atoms with Gasteiger partial charge < -0.3 is 15.0 Å². The molecule has 0 aliphatic rings. The second kappa shape index (κ2) is 5.09. The number of nitrogens with zero attached hydrogens (tertiary/aromatic N) is 3. The van der Waals surface area contributed by atoms with Gasteiger partial charge in [0, 0.05) is 22.7 Å². The predicted molar refractivity (Wildman–Crippen MR) is 83.5 cm³/mol. The van der Waals surface area contributed by atoms with Crippen LogP contribution in [0.25, 0.3) is 10.9 Å². The maximum absolute atomic E-state index is 6.10. The average Bonchev–Trinajstić information content (AvgIpc) is 2.79. The van der Waals surface area contributed by atoms with E-state index in [2.05, 4.69) is 27.5 Å². The van der Waals surface area contributed by atoms with Gasteiger partial charge in [-0.05, 0) is 32.0 Å². The summed E-state index contributed by atoms with van der Waals surface area (Å²) >= 11 is 0. The first-order valence-corrected chi connectivity index (χ1v) is 6.80. The second-order valence-corrected chi connectivity index (χ2v) is 5.13. The van der Waals surface area contributed by atoms with E-state index in [0.29, 0.717) is 12.4 Å². The van der Waals surface area contributed by atoms with Crippen LogP contribution in [0, 0.1) is 13.8 Å². The minimum atomic E-state index is 0.543. The number of aryl methyl sites for hydroxylation is 1. The molecule has 0 spiro atoms. The first-order chi connectivity index (χ1) is 10.1. The number of methoxy groups -OCH3 is 1. The third-order valence-corrected chi connectivity index (χ3v) is 3.82. The fraction of sp³-hybridized carbons (Fsp3) is 0.250. The molecule has 5 heteroatoms. The summed E-state index contributed by atoms with van der Waals surface area (Å²) in [7, 11) is 1.64. The summed E-state index contributed by atoms with van der Waals surface area (Å²) in [6.07, 6.45) is 1.84. The van der Waals surface area contributed by atoms with Gasteiger partial charge in [-0.2, -0.15) is 0 Å². The number of hydrogen-bond donors (Lipinski definition) is 1. The number of imidazole rings is 1. The number of hydrogen-bond acceptors (Lipinski definition) is 4. The number of pyridine rings is 1. The molecule has 1 aromatic carbocycles. The van der Waals surface area contributed by atoms with E-state index in [1.54, 1.807) is 7.11 Å². The van der Waals surface area contributed by atoms with E-state index in [0.717, 1.165) is 33.6 Å². The van der Waals surface area contributed by atoms with Gasteiger partial charge in [0.25, 0.3) is 0 Å². The molecule has 3 aromatic rings. The molecular weight excluding hydrogens is 264 g/mol. The molecule has 0 unspecified atom stereocenters. The third-order valence-electron chi connectivity index (χ3n) is 3.82. The molecule has 108 valence electrons. The highest BCUT2D eigenvalue weighted by atomic mass is 16.5. The Morgan fingerprint density at radius 2 is 2.05 bits per heavy atom. The quantitative estimate of drug-likeness (QED) is 0.802. The Balaban J connectivity index is 2.03. The predicted octanol–water partition coefficient (Wildman–Crippen LogP) is 2.69. The molecule has 0 bridgehead atoms. The highest BCUT2D eigenvalue weighted by Crippen LogP contribution is 2.23. The van der Waals surface area contributed by atoms with Gasteiger partial charge in [0.05, 0.1) is 31.2 Å². The molecule has 2 N–H and O–H groups in total. The molecule has 3 rings (SSSR count). The van der Waals surface area contributed by atoms with Crippen LogP contribution in [-0.4, -0.2) is 21.6 Å². The topological polar surface area (TPSA) is 66.0 Å². The summed E-state index contributed by atoms with van der Waals surface area (Å²) < 4.78 is 7.29. The van der Waals surface area contributed by atoms with Crippen LogP contribution >= 0.6 is 0 Å². The summed E-state index contributed by atoms with van der Waals surface area (Å²) in [6, 6.07) is 7.89. The fourth-order valence-corrected chi connectivity index (χ4v) is 2.35. The lowest BCUT2D eigenvalue weighted by molar-refractivity contribution is 0.415. The van der Waals surface area contributed by atoms with Gasteiger partial charge in [-0.15, -0.1) is 0 Å². The Morgan fingerprint density at radius 3 is 2.71 bits per heavy atom. The number of nitrogen functional groups attached to an aromatic ring is 1. The molecule has 2 aromatic heterocycles. The first kappa shape index (κ1) is 13.4. The molecule has 21 heavy (non-hydrogen) atoms. The molecule has 0 fully saturated rings. The van der Waals surface area contributed by atoms with Crippen molar-refractivity contribution in [1.29, 1.82) is 0 Å². The second-order valence-electron chi connectivity index (χ2n) is 5.13. The van der Waals surface area contributed by atoms with Crippen molar-refractivity contribution in [3.05, 3.63) is 47.5 Å². The number of rotatable bonds is 3. The zero-order chi connectivity index (χ0) is 15.0. The summed E-state index contributed by atoms with van der Waals surface area (Å²) in [5, 5.41) is 1.05. The monoisotopic (exact) mass is 282 g/mol. The van der Waals surface area contributed by atoms with Crippen LogP contribution < -0.4 is 10.5 Å². The van der Waals surface area contributed by atoms with E-state index in [4.69, 9.17) is 10.5 Å². The Hall–Kier alpha value is -2.56. The SMILES string of the molecule is COc1ccc2cc(Cn3cnc(C)c3C)c(N)nc2c1. The van der Waals surface area contributed by atoms with E-state index in [9.17, 15) is 0 Å². The molecule has 0 saturated heterocycles. The Kier molecular flexibility index (Phi) is 3.25. The Morgan fingerprint density at radius 1 is 1.24 bits per heavy atom. The summed E-state index contributed by atoms with van der Waals surface area (Å²) in [4.78, 5) is 8.79. The van der Waals surface area contributed by atoms with Gasteiger partial charge >= 0.3 is 0 Å². The van der Waals surface area contributed by atoms with Gasteiger partial charge in [0.15, 0.2) is 0 Å². The first-order valence-electron chi connectivity index (χ1n) is 6.80. The standard InChI is InChI=1S/C16H18N4O/c1-10-11(2)20(9-18-10)8-13-6-12-4-5-14(21-3)7-15(12)19-16(13)17/h4-7,9H,8H2,1-3H3,(H2,17,19). The van der Waals surface area contributed by atoms with Gasteiger partial charge in [-0.1, -0.05) is 0 Å². The zero-order valence-corrected chi connectivity index (χ0v) is 12.4. The summed E-state index contributed by atoms with van der Waals surface area (Å²) in [5.74, 6) is 1.32. The van der Waals surface area contributed by atoms with Crippen LogP contribution in [0.5, 0.6) is 5.75 Å². The minimum absolute atomic E-state index is 0.543. The van der Waals surface area contributed by atoms with Crippen LogP contribution in [0.3, 0.4) is 0 Å². The molecule has 2 heterocycles. The number of aromatic nitrogens is 3. The Labute approximate surface area is 123 Å². The van der Waals surface area contributed by atoms with Crippen LogP contribution in [0.15, 0.2) is 30.6 Å². The van der Waals surface area contributed by atoms with Crippen molar-refractivity contribution in [2.75, 3.05) is 12.8 Å². The lowest BCUT2D eigenvalue weighted by Crippen LogP contribution is -2.05. The number of ether oxygens (including phenoxy) is 1. The van der Waals surface area contributed by atoms with E-state index in [1.807, 2.05) is 31.5 Å². The van der Waals surface area contributed by atoms with E-state index >= 15 is 0 Å². The van der Waals surface area contributed by atoms with Crippen LogP contribution in [0.2, 0.25) is 0 Å². The zero-order valence-electron chi connectivity index (χ0n) is 12.4. The molecule has 0 atom stereocenters. The van der Waals surface area contributed by atoms with Gasteiger partial charge in [0.1, 0.15) is 11.6 Å². The molecule has 5 nitrogen and oxygen atoms in total. The van der Waals surface area contributed by atoms with Crippen LogP contribution in [-0.2, 0) is 6.54 Å². The molecular formula is C16H18N4O. The van der Waals surface area contributed by atoms with Crippen molar-refractivity contribution in [3.8, 4) is 5.75 Å². The normalized spacial score (nSPS) is 11.0. The van der Waals surface area contributed by atoms with Crippen LogP contribution in [0.1, 0.15) is 17.0 Å². The lowest BCUT2D eigenvalue weighted by atomic mass is 10.1. The number of anilines is 1. The molecule has 0 saturated carbocycles. The van der Waals surface area contributed by atoms with E-state index in [1.165, 1.54) is 0 Å². The summed E-state index contributed by atoms with van der Waals surface area (Å²) in [6.45, 7) is 4.73. The van der Waals surface area contributed by atoms with Crippen LogP contribution in [0.4, 0.5) is 5.82 Å². The Bertz CT molecular complexity index is 807. The minimum Gasteiger partial charge on any atom is -0.497 e. The highest BCUT2D eigenvalue weighted by Gasteiger charge is 2.08.